The van der Waals surface area contributed by atoms with Crippen LogP contribution in [0.4, 0.5) is 18.9 Å². The first-order valence-corrected chi connectivity index (χ1v) is 12.9. The normalized spacial score (nSPS) is 19.7. The minimum atomic E-state index is -4.42. The Morgan fingerprint density at radius 1 is 0.923 bits per heavy atom. The Hall–Kier alpha value is -3.85. The monoisotopic (exact) mass is 537 g/mol. The Bertz CT molecular complexity index is 1320. The summed E-state index contributed by atoms with van der Waals surface area (Å²) in [7, 11) is 1.58. The molecule has 0 aromatic heterocycles. The molecular formula is C30H30F3N3O3. The molecule has 1 saturated heterocycles. The average molecular weight is 538 g/mol. The molecule has 0 spiro atoms. The van der Waals surface area contributed by atoms with Crippen molar-refractivity contribution in [1.82, 2.24) is 9.80 Å². The summed E-state index contributed by atoms with van der Waals surface area (Å²) in [6, 6.07) is 21.5. The van der Waals surface area contributed by atoms with E-state index in [0.717, 1.165) is 17.7 Å². The molecule has 2 atom stereocenters. The Balaban J connectivity index is 1.44. The van der Waals surface area contributed by atoms with Crippen LogP contribution in [0.25, 0.3) is 0 Å². The van der Waals surface area contributed by atoms with Crippen LogP contribution in [0.3, 0.4) is 0 Å². The van der Waals surface area contributed by atoms with Gasteiger partial charge in [-0.05, 0) is 35.4 Å². The van der Waals surface area contributed by atoms with Crippen molar-refractivity contribution < 1.29 is 27.5 Å². The van der Waals surface area contributed by atoms with Gasteiger partial charge in [0.05, 0.1) is 24.1 Å². The number of ether oxygens (including phenoxy) is 1. The largest absolute Gasteiger partial charge is 0.416 e. The van der Waals surface area contributed by atoms with Crippen LogP contribution in [0.15, 0.2) is 78.9 Å². The number of carbonyl (C=O) groups is 2. The summed E-state index contributed by atoms with van der Waals surface area (Å²) >= 11 is 0. The van der Waals surface area contributed by atoms with E-state index >= 15 is 0 Å². The number of benzene rings is 3. The van der Waals surface area contributed by atoms with Gasteiger partial charge in [0.25, 0.3) is 5.91 Å². The number of anilines is 1. The SMILES string of the molecule is COCCN1C(=O)c2ccccc2C(C(=O)N2CCN(c3cccc(C(F)(F)F)c3)CC2)C1c1ccccc1. The van der Waals surface area contributed by atoms with Crippen molar-refractivity contribution in [3.8, 4) is 0 Å². The number of rotatable bonds is 6. The number of hydrogen-bond donors (Lipinski definition) is 0. The molecule has 0 radical (unpaired) electrons. The minimum Gasteiger partial charge on any atom is -0.383 e. The van der Waals surface area contributed by atoms with Crippen molar-refractivity contribution in [1.29, 1.82) is 0 Å². The predicted octanol–water partition coefficient (Wildman–Crippen LogP) is 4.98. The maximum Gasteiger partial charge on any atom is 0.416 e. The van der Waals surface area contributed by atoms with Gasteiger partial charge >= 0.3 is 6.18 Å². The number of carbonyl (C=O) groups excluding carboxylic acids is 2. The smallest absolute Gasteiger partial charge is 0.383 e. The van der Waals surface area contributed by atoms with Crippen LogP contribution in [0.5, 0.6) is 0 Å². The Morgan fingerprint density at radius 2 is 1.62 bits per heavy atom. The molecule has 6 nitrogen and oxygen atoms in total. The molecule has 0 bridgehead atoms. The zero-order valence-corrected chi connectivity index (χ0v) is 21.6. The lowest BCUT2D eigenvalue weighted by atomic mass is 9.78. The third kappa shape index (κ3) is 5.36. The lowest BCUT2D eigenvalue weighted by Gasteiger charge is -2.44. The van der Waals surface area contributed by atoms with Gasteiger partial charge in [0.15, 0.2) is 0 Å². The number of alkyl halides is 3. The Morgan fingerprint density at radius 3 is 2.31 bits per heavy atom. The molecule has 5 rings (SSSR count). The molecule has 2 aliphatic rings. The zero-order valence-electron chi connectivity index (χ0n) is 21.6. The zero-order chi connectivity index (χ0) is 27.6. The molecule has 0 saturated carbocycles. The molecule has 9 heteroatoms. The van der Waals surface area contributed by atoms with E-state index in [1.807, 2.05) is 47.4 Å². The summed E-state index contributed by atoms with van der Waals surface area (Å²) in [4.78, 5) is 33.2. The van der Waals surface area contributed by atoms with Crippen molar-refractivity contribution in [3.05, 3.63) is 101 Å². The van der Waals surface area contributed by atoms with E-state index in [1.54, 1.807) is 35.1 Å². The molecule has 2 heterocycles. The molecule has 2 unspecified atom stereocenters. The highest BCUT2D eigenvalue weighted by molar-refractivity contribution is 6.01. The average Bonchev–Trinajstić information content (AvgIpc) is 2.96. The predicted molar refractivity (Wildman–Crippen MR) is 142 cm³/mol. The van der Waals surface area contributed by atoms with Gasteiger partial charge in [0.2, 0.25) is 5.91 Å². The lowest BCUT2D eigenvalue weighted by molar-refractivity contribution is -0.137. The van der Waals surface area contributed by atoms with Gasteiger partial charge in [-0.1, -0.05) is 54.6 Å². The van der Waals surface area contributed by atoms with Crippen LogP contribution in [-0.2, 0) is 15.7 Å². The molecule has 2 aliphatic heterocycles. The Labute approximate surface area is 225 Å². The summed E-state index contributed by atoms with van der Waals surface area (Å²) < 4.78 is 45.0. The van der Waals surface area contributed by atoms with Crippen molar-refractivity contribution in [2.24, 2.45) is 0 Å². The first-order chi connectivity index (χ1) is 18.8. The van der Waals surface area contributed by atoms with Crippen molar-refractivity contribution in [2.45, 2.75) is 18.1 Å². The second-order valence-electron chi connectivity index (χ2n) is 9.77. The summed E-state index contributed by atoms with van der Waals surface area (Å²) in [5.41, 5.74) is 1.84. The third-order valence-corrected chi connectivity index (χ3v) is 7.51. The third-order valence-electron chi connectivity index (χ3n) is 7.51. The highest BCUT2D eigenvalue weighted by atomic mass is 19.4. The van der Waals surface area contributed by atoms with Gasteiger partial charge in [-0.2, -0.15) is 13.2 Å². The maximum absolute atomic E-state index is 14.2. The fourth-order valence-electron chi connectivity index (χ4n) is 5.58. The fourth-order valence-corrected chi connectivity index (χ4v) is 5.58. The van der Waals surface area contributed by atoms with Crippen LogP contribution in [0.1, 0.15) is 39.0 Å². The van der Waals surface area contributed by atoms with Gasteiger partial charge in [-0.15, -0.1) is 0 Å². The molecule has 2 amide bonds. The lowest BCUT2D eigenvalue weighted by Crippen LogP contribution is -2.53. The van der Waals surface area contributed by atoms with E-state index in [9.17, 15) is 22.8 Å². The van der Waals surface area contributed by atoms with E-state index in [1.165, 1.54) is 6.07 Å². The standard InChI is InChI=1S/C30H30F3N3O3/c1-39-19-18-36-27(21-8-3-2-4-9-21)26(24-12-5-6-13-25(24)28(36)37)29(38)35-16-14-34(15-17-35)23-11-7-10-22(20-23)30(31,32)33/h2-13,20,26-27H,14-19H2,1H3. The van der Waals surface area contributed by atoms with Crippen molar-refractivity contribution >= 4 is 17.5 Å². The highest BCUT2D eigenvalue weighted by Gasteiger charge is 2.45. The summed E-state index contributed by atoms with van der Waals surface area (Å²) in [6.07, 6.45) is -4.42. The van der Waals surface area contributed by atoms with Crippen molar-refractivity contribution in [3.63, 3.8) is 0 Å². The number of fused-ring (bicyclic) bond motifs is 1. The van der Waals surface area contributed by atoms with Gasteiger partial charge in [0.1, 0.15) is 0 Å². The van der Waals surface area contributed by atoms with E-state index in [4.69, 9.17) is 4.74 Å². The van der Waals surface area contributed by atoms with Crippen LogP contribution < -0.4 is 4.90 Å². The number of methoxy groups -OCH3 is 1. The minimum absolute atomic E-state index is 0.102. The van der Waals surface area contributed by atoms with Crippen LogP contribution in [0.2, 0.25) is 0 Å². The highest BCUT2D eigenvalue weighted by Crippen LogP contribution is 2.44. The van der Waals surface area contributed by atoms with Gasteiger partial charge < -0.3 is 19.4 Å². The molecule has 3 aromatic carbocycles. The molecule has 1 fully saturated rings. The molecular weight excluding hydrogens is 507 g/mol. The molecule has 0 aliphatic carbocycles. The molecule has 39 heavy (non-hydrogen) atoms. The molecule has 3 aromatic rings. The second-order valence-corrected chi connectivity index (χ2v) is 9.77. The number of nitrogens with zero attached hydrogens (tertiary/aromatic N) is 3. The molecule has 0 N–H and O–H groups in total. The van der Waals surface area contributed by atoms with Gasteiger partial charge in [-0.3, -0.25) is 9.59 Å². The topological polar surface area (TPSA) is 53.1 Å². The fraction of sp³-hybridized carbons (Fsp3) is 0.333. The van der Waals surface area contributed by atoms with E-state index in [0.29, 0.717) is 56.1 Å². The first kappa shape index (κ1) is 26.7. The number of piperazine rings is 1. The number of amides is 2. The summed E-state index contributed by atoms with van der Waals surface area (Å²) in [6.45, 7) is 2.19. The maximum atomic E-state index is 14.2. The molecule has 204 valence electrons. The summed E-state index contributed by atoms with van der Waals surface area (Å²) in [5.74, 6) is -0.872. The summed E-state index contributed by atoms with van der Waals surface area (Å²) in [5, 5.41) is 0. The van der Waals surface area contributed by atoms with Crippen LogP contribution in [0, 0.1) is 0 Å². The number of hydrogen-bond acceptors (Lipinski definition) is 4. The Kier molecular flexibility index (Phi) is 7.61. The van der Waals surface area contributed by atoms with E-state index < -0.39 is 23.7 Å². The van der Waals surface area contributed by atoms with E-state index in [-0.39, 0.29) is 11.8 Å². The van der Waals surface area contributed by atoms with Gasteiger partial charge in [-0.25, -0.2) is 0 Å². The number of halogens is 3. The second kappa shape index (κ2) is 11.1. The quantitative estimate of drug-likeness (QED) is 0.445. The van der Waals surface area contributed by atoms with Gasteiger partial charge in [0, 0.05) is 51.1 Å². The van der Waals surface area contributed by atoms with Crippen LogP contribution >= 0.6 is 0 Å². The van der Waals surface area contributed by atoms with E-state index in [2.05, 4.69) is 0 Å². The first-order valence-electron chi connectivity index (χ1n) is 12.9. The van der Waals surface area contributed by atoms with Crippen LogP contribution in [-0.4, -0.2) is 68.1 Å². The van der Waals surface area contributed by atoms with Crippen molar-refractivity contribution in [2.75, 3.05) is 51.3 Å².